The first-order chi connectivity index (χ1) is 12.8. The third-order valence-electron chi connectivity index (χ3n) is 5.80. The highest BCUT2D eigenvalue weighted by atomic mass is 127. The average molecular weight is 520 g/mol. The Hall–Kier alpha value is -0.870. The van der Waals surface area contributed by atoms with E-state index in [1.54, 1.807) is 4.31 Å². The highest BCUT2D eigenvalue weighted by Crippen LogP contribution is 2.34. The van der Waals surface area contributed by atoms with Gasteiger partial charge in [0.2, 0.25) is 10.0 Å². The molecule has 28 heavy (non-hydrogen) atoms. The molecule has 0 aromatic heterocycles. The van der Waals surface area contributed by atoms with Crippen LogP contribution in [0.15, 0.2) is 35.3 Å². The van der Waals surface area contributed by atoms with Crippen LogP contribution in [-0.4, -0.2) is 69.1 Å². The monoisotopic (exact) mass is 520 g/mol. The number of nitrogens with zero attached hydrogens (tertiary/aromatic N) is 3. The first kappa shape index (κ1) is 23.4. The van der Waals surface area contributed by atoms with Gasteiger partial charge >= 0.3 is 0 Å². The highest BCUT2D eigenvalue weighted by molar-refractivity contribution is 14.0. The van der Waals surface area contributed by atoms with Crippen LogP contribution in [0.25, 0.3) is 0 Å². The van der Waals surface area contributed by atoms with Gasteiger partial charge in [0.05, 0.1) is 6.26 Å². The van der Waals surface area contributed by atoms with Crippen LogP contribution in [0.4, 0.5) is 0 Å². The van der Waals surface area contributed by atoms with Crippen molar-refractivity contribution in [2.75, 3.05) is 45.5 Å². The second kappa shape index (κ2) is 9.75. The molecular formula is C20H33IN4O2S. The lowest BCUT2D eigenvalue weighted by Gasteiger charge is -2.27. The zero-order valence-electron chi connectivity index (χ0n) is 17.1. The minimum absolute atomic E-state index is 0. The predicted octanol–water partition coefficient (Wildman–Crippen LogP) is 2.52. The molecule has 0 spiro atoms. The molecule has 1 aromatic carbocycles. The lowest BCUT2D eigenvalue weighted by molar-refractivity contribution is 0.434. The van der Waals surface area contributed by atoms with Gasteiger partial charge < -0.3 is 10.2 Å². The van der Waals surface area contributed by atoms with Crippen LogP contribution >= 0.6 is 24.0 Å². The first-order valence-corrected chi connectivity index (χ1v) is 11.7. The van der Waals surface area contributed by atoms with Crippen molar-refractivity contribution in [2.24, 2.45) is 10.9 Å². The summed E-state index contributed by atoms with van der Waals surface area (Å²) in [6.07, 6.45) is 3.28. The molecule has 2 aliphatic rings. The minimum Gasteiger partial charge on any atom is -0.357 e. The Kier molecular flexibility index (Phi) is 8.16. The molecule has 0 amide bonds. The Balaban J connectivity index is 0.00000280. The first-order valence-electron chi connectivity index (χ1n) is 9.86. The second-order valence-electron chi connectivity index (χ2n) is 8.07. The van der Waals surface area contributed by atoms with Crippen molar-refractivity contribution in [3.05, 3.63) is 35.9 Å². The summed E-state index contributed by atoms with van der Waals surface area (Å²) in [5, 5.41) is 3.42. The number of guanidine groups is 1. The SMILES string of the molecule is CCNC(=NCC1CCN(S(C)(=O)=O)C1)N1CCC(C)(c2ccccc2)C1.I. The number of nitrogens with one attached hydrogen (secondary N) is 1. The summed E-state index contributed by atoms with van der Waals surface area (Å²) in [6.45, 7) is 9.05. The van der Waals surface area contributed by atoms with Gasteiger partial charge in [-0.25, -0.2) is 12.7 Å². The van der Waals surface area contributed by atoms with Crippen molar-refractivity contribution in [2.45, 2.75) is 32.1 Å². The summed E-state index contributed by atoms with van der Waals surface area (Å²) in [7, 11) is -3.09. The summed E-state index contributed by atoms with van der Waals surface area (Å²) in [6, 6.07) is 10.7. The molecule has 0 bridgehead atoms. The van der Waals surface area contributed by atoms with Gasteiger partial charge in [-0.15, -0.1) is 24.0 Å². The lowest BCUT2D eigenvalue weighted by Crippen LogP contribution is -2.42. The fraction of sp³-hybridized carbons (Fsp3) is 0.650. The van der Waals surface area contributed by atoms with Crippen LogP contribution < -0.4 is 5.32 Å². The van der Waals surface area contributed by atoms with Gasteiger partial charge in [0.25, 0.3) is 0 Å². The average Bonchev–Trinajstić information content (AvgIpc) is 3.27. The van der Waals surface area contributed by atoms with E-state index in [1.807, 2.05) is 0 Å². The van der Waals surface area contributed by atoms with Gasteiger partial charge in [-0.1, -0.05) is 37.3 Å². The van der Waals surface area contributed by atoms with Crippen molar-refractivity contribution < 1.29 is 8.42 Å². The maximum absolute atomic E-state index is 11.7. The molecule has 2 heterocycles. The molecule has 2 unspecified atom stereocenters. The van der Waals surface area contributed by atoms with Crippen LogP contribution in [0.2, 0.25) is 0 Å². The van der Waals surface area contributed by atoms with Gasteiger partial charge in [0.15, 0.2) is 5.96 Å². The second-order valence-corrected chi connectivity index (χ2v) is 10.1. The minimum atomic E-state index is -3.09. The maximum Gasteiger partial charge on any atom is 0.211 e. The summed E-state index contributed by atoms with van der Waals surface area (Å²) < 4.78 is 25.0. The molecule has 2 atom stereocenters. The normalized spacial score (nSPS) is 26.3. The van der Waals surface area contributed by atoms with Gasteiger partial charge in [0, 0.05) is 44.7 Å². The standard InChI is InChI=1S/C20H32N4O2S.HI/c1-4-21-19(22-14-17-10-12-24(15-17)27(3,25)26)23-13-11-20(2,16-23)18-8-6-5-7-9-18;/h5-9,17H,4,10-16H2,1-3H3,(H,21,22);1H. The van der Waals surface area contributed by atoms with Gasteiger partial charge in [-0.2, -0.15) is 0 Å². The predicted molar refractivity (Wildman–Crippen MR) is 126 cm³/mol. The fourth-order valence-electron chi connectivity index (χ4n) is 4.11. The van der Waals surface area contributed by atoms with Crippen LogP contribution in [0.5, 0.6) is 0 Å². The van der Waals surface area contributed by atoms with E-state index in [-0.39, 0.29) is 29.4 Å². The number of benzene rings is 1. The molecule has 0 saturated carbocycles. The molecule has 1 N–H and O–H groups in total. The summed E-state index contributed by atoms with van der Waals surface area (Å²) in [5.41, 5.74) is 1.51. The molecule has 158 valence electrons. The van der Waals surface area contributed by atoms with Crippen molar-refractivity contribution in [1.29, 1.82) is 0 Å². The lowest BCUT2D eigenvalue weighted by atomic mass is 9.82. The van der Waals surface area contributed by atoms with Gasteiger partial charge in [0.1, 0.15) is 0 Å². The number of likely N-dealkylation sites (tertiary alicyclic amines) is 1. The van der Waals surface area contributed by atoms with Crippen LogP contribution in [0, 0.1) is 5.92 Å². The van der Waals surface area contributed by atoms with E-state index in [1.165, 1.54) is 11.8 Å². The molecule has 8 heteroatoms. The third kappa shape index (κ3) is 5.60. The molecule has 3 rings (SSSR count). The van der Waals surface area contributed by atoms with Crippen molar-refractivity contribution in [1.82, 2.24) is 14.5 Å². The summed E-state index contributed by atoms with van der Waals surface area (Å²) >= 11 is 0. The molecule has 2 saturated heterocycles. The van der Waals surface area contributed by atoms with Gasteiger partial charge in [-0.3, -0.25) is 4.99 Å². The number of sulfonamides is 1. The fourth-order valence-corrected chi connectivity index (χ4v) is 5.03. The molecule has 0 radical (unpaired) electrons. The Morgan fingerprint density at radius 3 is 2.61 bits per heavy atom. The van der Waals surface area contributed by atoms with E-state index in [4.69, 9.17) is 4.99 Å². The Bertz CT molecular complexity index is 772. The van der Waals surface area contributed by atoms with E-state index in [9.17, 15) is 8.42 Å². The van der Waals surface area contributed by atoms with Crippen LogP contribution in [0.1, 0.15) is 32.3 Å². The number of aliphatic imine (C=N–C) groups is 1. The Morgan fingerprint density at radius 1 is 1.29 bits per heavy atom. The Labute approximate surface area is 186 Å². The quantitative estimate of drug-likeness (QED) is 0.368. The van der Waals surface area contributed by atoms with Crippen LogP contribution in [0.3, 0.4) is 0 Å². The Morgan fingerprint density at radius 2 is 2.00 bits per heavy atom. The molecule has 0 aliphatic carbocycles. The zero-order chi connectivity index (χ0) is 19.5. The van der Waals surface area contributed by atoms with Crippen molar-refractivity contribution >= 4 is 40.0 Å². The number of hydrogen-bond acceptors (Lipinski definition) is 3. The molecule has 1 aromatic rings. The number of hydrogen-bond donors (Lipinski definition) is 1. The van der Waals surface area contributed by atoms with E-state index in [0.717, 1.165) is 38.4 Å². The molecule has 2 aliphatic heterocycles. The molecular weight excluding hydrogens is 487 g/mol. The largest absolute Gasteiger partial charge is 0.357 e. The van der Waals surface area contributed by atoms with E-state index >= 15 is 0 Å². The highest BCUT2D eigenvalue weighted by Gasteiger charge is 2.36. The third-order valence-corrected chi connectivity index (χ3v) is 7.07. The zero-order valence-corrected chi connectivity index (χ0v) is 20.2. The smallest absolute Gasteiger partial charge is 0.211 e. The molecule has 6 nitrogen and oxygen atoms in total. The van der Waals surface area contributed by atoms with E-state index < -0.39 is 10.0 Å². The number of halogens is 1. The van der Waals surface area contributed by atoms with Gasteiger partial charge in [-0.05, 0) is 31.2 Å². The van der Waals surface area contributed by atoms with E-state index in [2.05, 4.69) is 54.4 Å². The summed E-state index contributed by atoms with van der Waals surface area (Å²) in [5.74, 6) is 1.26. The summed E-state index contributed by atoms with van der Waals surface area (Å²) in [4.78, 5) is 7.21. The van der Waals surface area contributed by atoms with Crippen molar-refractivity contribution in [3.8, 4) is 0 Å². The number of rotatable bonds is 5. The molecule has 2 fully saturated rings. The maximum atomic E-state index is 11.7. The van der Waals surface area contributed by atoms with Crippen LogP contribution in [-0.2, 0) is 15.4 Å². The van der Waals surface area contributed by atoms with E-state index in [0.29, 0.717) is 25.6 Å². The topological polar surface area (TPSA) is 65.0 Å². The van der Waals surface area contributed by atoms with Crippen molar-refractivity contribution in [3.63, 3.8) is 0 Å².